The first-order valence-corrected chi connectivity index (χ1v) is 3.30. The Balaban J connectivity index is 2.90. The van der Waals surface area contributed by atoms with E-state index in [4.69, 9.17) is 10.2 Å². The average Bonchev–Trinajstić information content (AvgIpc) is 2.37. The summed E-state index contributed by atoms with van der Waals surface area (Å²) in [7, 11) is 0. The molecule has 0 aromatic carbocycles. The zero-order valence-corrected chi connectivity index (χ0v) is 5.43. The number of hydrogen-bond acceptors (Lipinski definition) is 3. The summed E-state index contributed by atoms with van der Waals surface area (Å²) in [6.07, 6.45) is 0.686. The van der Waals surface area contributed by atoms with Gasteiger partial charge in [-0.1, -0.05) is 6.07 Å². The highest BCUT2D eigenvalue weighted by Crippen LogP contribution is 2.15. The zero-order valence-electron chi connectivity index (χ0n) is 4.61. The van der Waals surface area contributed by atoms with Crippen molar-refractivity contribution in [2.45, 2.75) is 0 Å². The van der Waals surface area contributed by atoms with E-state index in [0.29, 0.717) is 11.1 Å². The van der Waals surface area contributed by atoms with Crippen molar-refractivity contribution in [2.75, 3.05) is 0 Å². The minimum absolute atomic E-state index is 0.0787. The van der Waals surface area contributed by atoms with Crippen molar-refractivity contribution in [1.29, 1.82) is 0 Å². The molecular formula is C6H6O2S. The largest absolute Gasteiger partial charge is 0.512 e. The van der Waals surface area contributed by atoms with Crippen LogP contribution in [0.2, 0.25) is 0 Å². The molecule has 1 aromatic heterocycles. The Labute approximate surface area is 56.7 Å². The van der Waals surface area contributed by atoms with Crippen LogP contribution in [0, 0.1) is 0 Å². The number of aliphatic hydroxyl groups excluding tert-OH is 2. The summed E-state index contributed by atoms with van der Waals surface area (Å²) in [5.41, 5.74) is 0. The second kappa shape index (κ2) is 2.55. The summed E-state index contributed by atoms with van der Waals surface area (Å²) >= 11 is 1.38. The van der Waals surface area contributed by atoms with Gasteiger partial charge < -0.3 is 10.2 Å². The van der Waals surface area contributed by atoms with E-state index in [-0.39, 0.29) is 5.76 Å². The average molecular weight is 142 g/mol. The summed E-state index contributed by atoms with van der Waals surface area (Å²) in [4.78, 5) is 0.678. The fraction of sp³-hybridized carbons (Fsp3) is 0. The van der Waals surface area contributed by atoms with Crippen LogP contribution < -0.4 is 0 Å². The van der Waals surface area contributed by atoms with Crippen molar-refractivity contribution in [2.24, 2.45) is 0 Å². The summed E-state index contributed by atoms with van der Waals surface area (Å²) in [6, 6.07) is 3.53. The lowest BCUT2D eigenvalue weighted by atomic mass is 10.4. The van der Waals surface area contributed by atoms with Crippen LogP contribution in [0.1, 0.15) is 4.88 Å². The molecule has 0 atom stereocenters. The third-order valence-electron chi connectivity index (χ3n) is 0.896. The van der Waals surface area contributed by atoms with Gasteiger partial charge >= 0.3 is 0 Å². The molecule has 1 heterocycles. The van der Waals surface area contributed by atoms with Crippen molar-refractivity contribution < 1.29 is 10.2 Å². The van der Waals surface area contributed by atoms with Gasteiger partial charge in [0.15, 0.2) is 5.76 Å². The fourth-order valence-electron chi connectivity index (χ4n) is 0.488. The van der Waals surface area contributed by atoms with E-state index >= 15 is 0 Å². The predicted molar refractivity (Wildman–Crippen MR) is 37.6 cm³/mol. The van der Waals surface area contributed by atoms with Gasteiger partial charge in [-0.2, -0.15) is 0 Å². The molecule has 0 amide bonds. The highest BCUT2D eigenvalue weighted by Gasteiger charge is 1.96. The Kier molecular flexibility index (Phi) is 1.75. The smallest absolute Gasteiger partial charge is 0.167 e. The zero-order chi connectivity index (χ0) is 6.69. The minimum atomic E-state index is -0.0787. The first-order chi connectivity index (χ1) is 4.34. The van der Waals surface area contributed by atoms with Crippen molar-refractivity contribution in [3.05, 3.63) is 28.7 Å². The van der Waals surface area contributed by atoms with Crippen LogP contribution in [0.5, 0.6) is 0 Å². The Morgan fingerprint density at radius 3 is 2.89 bits per heavy atom. The maximum atomic E-state index is 8.84. The van der Waals surface area contributed by atoms with E-state index < -0.39 is 0 Å². The molecule has 9 heavy (non-hydrogen) atoms. The third kappa shape index (κ3) is 1.23. The topological polar surface area (TPSA) is 40.5 Å². The van der Waals surface area contributed by atoms with E-state index in [1.54, 1.807) is 12.1 Å². The van der Waals surface area contributed by atoms with Gasteiger partial charge in [0.25, 0.3) is 0 Å². The monoisotopic (exact) mass is 142 g/mol. The molecule has 0 aliphatic heterocycles. The molecule has 2 N–H and O–H groups in total. The molecule has 0 saturated carbocycles. The van der Waals surface area contributed by atoms with Gasteiger partial charge in [-0.25, -0.2) is 0 Å². The molecule has 3 heteroatoms. The predicted octanol–water partition coefficient (Wildman–Crippen LogP) is 2.16. The molecule has 1 rings (SSSR count). The summed E-state index contributed by atoms with van der Waals surface area (Å²) in [5, 5.41) is 19.0. The summed E-state index contributed by atoms with van der Waals surface area (Å²) in [5.74, 6) is -0.0787. The third-order valence-corrected chi connectivity index (χ3v) is 1.79. The van der Waals surface area contributed by atoms with Gasteiger partial charge in [-0.3, -0.25) is 0 Å². The van der Waals surface area contributed by atoms with E-state index in [2.05, 4.69) is 0 Å². The van der Waals surface area contributed by atoms with Gasteiger partial charge in [-0.15, -0.1) is 11.3 Å². The van der Waals surface area contributed by atoms with Crippen molar-refractivity contribution >= 4 is 17.1 Å². The number of thiophene rings is 1. The Hall–Kier alpha value is -0.960. The number of hydrogen-bond donors (Lipinski definition) is 2. The van der Waals surface area contributed by atoms with Gasteiger partial charge in [0, 0.05) is 0 Å². The first-order valence-electron chi connectivity index (χ1n) is 2.42. The van der Waals surface area contributed by atoms with Gasteiger partial charge in [0.2, 0.25) is 0 Å². The van der Waals surface area contributed by atoms with Crippen LogP contribution in [-0.4, -0.2) is 10.2 Å². The molecule has 0 aliphatic carbocycles. The van der Waals surface area contributed by atoms with Crippen molar-refractivity contribution in [3.8, 4) is 0 Å². The minimum Gasteiger partial charge on any atom is -0.512 e. The second-order valence-electron chi connectivity index (χ2n) is 1.49. The fourth-order valence-corrected chi connectivity index (χ4v) is 1.12. The van der Waals surface area contributed by atoms with Crippen LogP contribution in [0.25, 0.3) is 5.76 Å². The van der Waals surface area contributed by atoms with E-state index in [0.717, 1.165) is 0 Å². The Bertz CT molecular complexity index is 201. The quantitative estimate of drug-likeness (QED) is 0.590. The van der Waals surface area contributed by atoms with Crippen LogP contribution in [0.4, 0.5) is 0 Å². The summed E-state index contributed by atoms with van der Waals surface area (Å²) < 4.78 is 0. The van der Waals surface area contributed by atoms with Crippen LogP contribution in [0.15, 0.2) is 23.8 Å². The highest BCUT2D eigenvalue weighted by atomic mass is 32.1. The molecule has 0 radical (unpaired) electrons. The Morgan fingerprint density at radius 1 is 1.67 bits per heavy atom. The van der Waals surface area contributed by atoms with Crippen LogP contribution in [-0.2, 0) is 0 Å². The van der Waals surface area contributed by atoms with E-state index in [9.17, 15) is 0 Å². The van der Waals surface area contributed by atoms with Crippen molar-refractivity contribution in [3.63, 3.8) is 0 Å². The van der Waals surface area contributed by atoms with E-state index in [1.807, 2.05) is 5.38 Å². The molecule has 48 valence electrons. The van der Waals surface area contributed by atoms with Crippen LogP contribution in [0.3, 0.4) is 0 Å². The lowest BCUT2D eigenvalue weighted by Gasteiger charge is -1.88. The van der Waals surface area contributed by atoms with Crippen LogP contribution >= 0.6 is 11.3 Å². The molecule has 0 spiro atoms. The molecule has 0 aliphatic rings. The molecule has 0 unspecified atom stereocenters. The van der Waals surface area contributed by atoms with Crippen molar-refractivity contribution in [1.82, 2.24) is 0 Å². The highest BCUT2D eigenvalue weighted by molar-refractivity contribution is 7.11. The normalized spacial score (nSPS) is 11.8. The molecule has 2 nitrogen and oxygen atoms in total. The molecule has 1 aromatic rings. The lowest BCUT2D eigenvalue weighted by Crippen LogP contribution is -1.73. The van der Waals surface area contributed by atoms with Gasteiger partial charge in [0.1, 0.15) is 6.26 Å². The first kappa shape index (κ1) is 6.16. The SMILES string of the molecule is OC=C(O)c1cccs1. The van der Waals surface area contributed by atoms with Gasteiger partial charge in [-0.05, 0) is 11.4 Å². The van der Waals surface area contributed by atoms with E-state index in [1.165, 1.54) is 11.3 Å². The number of rotatable bonds is 1. The Morgan fingerprint density at radius 2 is 2.44 bits per heavy atom. The summed E-state index contributed by atoms with van der Waals surface area (Å²) in [6.45, 7) is 0. The second-order valence-corrected chi connectivity index (χ2v) is 2.44. The molecule has 0 bridgehead atoms. The molecule has 0 fully saturated rings. The lowest BCUT2D eigenvalue weighted by molar-refractivity contribution is 0.432. The number of aliphatic hydroxyl groups is 2. The van der Waals surface area contributed by atoms with Gasteiger partial charge in [0.05, 0.1) is 4.88 Å². The molecular weight excluding hydrogens is 136 g/mol. The maximum Gasteiger partial charge on any atom is 0.167 e. The maximum absolute atomic E-state index is 8.84. The standard InChI is InChI=1S/C6H6O2S/c7-4-5(8)6-2-1-3-9-6/h1-4,7-8H. The molecule has 0 saturated heterocycles.